The second kappa shape index (κ2) is 16.8. The van der Waals surface area contributed by atoms with Crippen molar-refractivity contribution in [1.29, 1.82) is 0 Å². The molecule has 0 bridgehead atoms. The quantitative estimate of drug-likeness (QED) is 0.131. The van der Waals surface area contributed by atoms with Gasteiger partial charge in [0, 0.05) is 21.5 Å². The van der Waals surface area contributed by atoms with Crippen molar-refractivity contribution in [2.45, 2.75) is 0 Å². The van der Waals surface area contributed by atoms with Gasteiger partial charge in [-0.25, -0.2) is 0 Å². The fraction of sp³-hybridized carbons (Fsp3) is 0. The summed E-state index contributed by atoms with van der Waals surface area (Å²) in [4.78, 5) is 0. The maximum Gasteiger partial charge on any atom is 0.128 e. The van der Waals surface area contributed by atoms with E-state index in [1.54, 1.807) is 0 Å². The van der Waals surface area contributed by atoms with Gasteiger partial charge < -0.3 is 8.83 Å². The lowest BCUT2D eigenvalue weighted by Gasteiger charge is -2.31. The minimum absolute atomic E-state index is 0.00154. The Balaban J connectivity index is 1.51. The second-order valence-electron chi connectivity index (χ2n) is 17.3. The predicted octanol–water partition coefficient (Wildman–Crippen LogP) is -17.4. The van der Waals surface area contributed by atoms with Crippen LogP contribution in [0.4, 0.5) is 0 Å². The number of hydrogen-bond acceptors (Lipinski definition) is 2. The number of hydrogen-bond donors (Lipinski definition) is 0. The maximum atomic E-state index is 7.33. The van der Waals surface area contributed by atoms with Crippen LogP contribution in [-0.2, 0) is 0 Å². The van der Waals surface area contributed by atoms with E-state index in [1.807, 2.05) is 0 Å². The van der Waals surface area contributed by atoms with Crippen LogP contribution in [0.5, 0.6) is 0 Å². The minimum Gasteiger partial charge on any atom is -0.457 e. The summed E-state index contributed by atoms with van der Waals surface area (Å²) in [5, 5.41) is 1.08. The Morgan fingerprint density at radius 2 is 0.451 bits per heavy atom. The van der Waals surface area contributed by atoms with Crippen molar-refractivity contribution >= 4 is 398 Å². The fourth-order valence-electron chi connectivity index (χ4n) is 9.97. The third-order valence-electron chi connectivity index (χ3n) is 13.8. The zero-order valence-electron chi connectivity index (χ0n) is 37.3. The van der Waals surface area contributed by atoms with Crippen molar-refractivity contribution in [3.63, 3.8) is 0 Å². The Morgan fingerprint density at radius 1 is 0.183 bits per heavy atom. The second-order valence-corrected chi connectivity index (χ2v) is 17.3. The molecule has 2 nitrogen and oxygen atoms in total. The van der Waals surface area contributed by atoms with Crippen LogP contribution >= 0.6 is 0 Å². The third-order valence-corrected chi connectivity index (χ3v) is 13.8. The van der Waals surface area contributed by atoms with E-state index < -0.39 is 0 Å². The Morgan fingerprint density at radius 3 is 0.901 bits per heavy atom. The van der Waals surface area contributed by atoms with E-state index in [9.17, 15) is 0 Å². The standard InChI is InChI=1S/C44HB25O2/c45-16-3(6-18(47)28(57)35(64)29(58)19(6)48)1-2-4(12-23(52)32(61)36(65)33(62)24(12)53)8-9(21(50)31(60)30(59)20(8)49)7(5(2)17(16)46)13-22(51)25(54)14-10-11-15-26(55)34(63)37(66)38(67)44(15)71-42(11)40(69)39(68)41(10)70-43(14)27(13)56/h1H. The highest BCUT2D eigenvalue weighted by molar-refractivity contribution is 6.75. The molecule has 0 aliphatic carbocycles. The molecule has 0 unspecified atom stereocenters. The van der Waals surface area contributed by atoms with Gasteiger partial charge in [0.2, 0.25) is 0 Å². The summed E-state index contributed by atoms with van der Waals surface area (Å²) in [5.74, 6) is 0. The molecule has 0 spiro atoms. The van der Waals surface area contributed by atoms with Crippen molar-refractivity contribution in [2.24, 2.45) is 0 Å². The molecule has 0 aliphatic rings. The van der Waals surface area contributed by atoms with Crippen LogP contribution in [-0.4, -0.2) is 196 Å². The average Bonchev–Trinajstić information content (AvgIpc) is 3.95. The highest BCUT2D eigenvalue weighted by Crippen LogP contribution is 2.42. The molecule has 71 heavy (non-hydrogen) atoms. The Hall–Kier alpha value is -4.50. The van der Waals surface area contributed by atoms with Gasteiger partial charge in [0.05, 0.1) is 0 Å². The lowest BCUT2D eigenvalue weighted by Crippen LogP contribution is -2.55. The van der Waals surface area contributed by atoms with Crippen LogP contribution in [0.15, 0.2) is 14.9 Å². The van der Waals surface area contributed by atoms with Crippen molar-refractivity contribution in [3.8, 4) is 33.4 Å². The number of furan rings is 2. The van der Waals surface area contributed by atoms with Crippen molar-refractivity contribution in [2.75, 3.05) is 0 Å². The molecule has 10 rings (SSSR count). The molecule has 8 aromatic carbocycles. The zero-order valence-corrected chi connectivity index (χ0v) is 37.3. The van der Waals surface area contributed by atoms with Crippen molar-refractivity contribution in [1.82, 2.24) is 0 Å². The molecule has 10 aromatic rings. The summed E-state index contributed by atoms with van der Waals surface area (Å²) in [6.07, 6.45) is 0. The van der Waals surface area contributed by atoms with Crippen LogP contribution in [0.3, 0.4) is 0 Å². The van der Waals surface area contributed by atoms with Gasteiger partial charge in [0.15, 0.2) is 0 Å². The zero-order chi connectivity index (χ0) is 51.9. The van der Waals surface area contributed by atoms with E-state index in [1.165, 1.54) is 6.07 Å². The van der Waals surface area contributed by atoms with Gasteiger partial charge >= 0.3 is 0 Å². The smallest absolute Gasteiger partial charge is 0.128 e. The van der Waals surface area contributed by atoms with E-state index in [2.05, 4.69) is 0 Å². The van der Waals surface area contributed by atoms with E-state index in [0.29, 0.717) is 0 Å². The van der Waals surface area contributed by atoms with Crippen LogP contribution in [0, 0.1) is 0 Å². The minimum atomic E-state index is -0.180. The number of benzene rings is 8. The van der Waals surface area contributed by atoms with Gasteiger partial charge in [-0.3, -0.25) is 0 Å². The lowest BCUT2D eigenvalue weighted by molar-refractivity contribution is 0.670. The van der Waals surface area contributed by atoms with Gasteiger partial charge in [-0.05, 0) is 66.5 Å². The summed E-state index contributed by atoms with van der Waals surface area (Å²) >= 11 is 0. The van der Waals surface area contributed by atoms with Gasteiger partial charge in [0.1, 0.15) is 218 Å². The lowest BCUT2D eigenvalue weighted by atomic mass is 9.56. The average molecular weight is 832 g/mol. The van der Waals surface area contributed by atoms with E-state index in [-0.39, 0.29) is 235 Å². The molecule has 0 fully saturated rings. The molecule has 264 valence electrons. The summed E-state index contributed by atoms with van der Waals surface area (Å²) in [6, 6.07) is 1.54. The van der Waals surface area contributed by atoms with Gasteiger partial charge in [0.25, 0.3) is 0 Å². The van der Waals surface area contributed by atoms with Crippen LogP contribution < -0.4 is 137 Å². The van der Waals surface area contributed by atoms with Crippen molar-refractivity contribution < 1.29 is 8.83 Å². The highest BCUT2D eigenvalue weighted by atomic mass is 16.3. The SMILES string of the molecule is [B]c1c([B])c([B])c(-c2cc3c(-c4c([B])c([B])c([B])c([B])c4[B])c4c([B])c([B])c([B])c([B])c4c(-c4c([B])c([B])c5c(oc6c([B])c([B])c7oc8c([B])c([B])c([B])c([B])c8c7c65)c4[B])c3c([B])c2[B])c([B])c1[B]. The molecule has 0 atom stereocenters. The van der Waals surface area contributed by atoms with Crippen LogP contribution in [0.2, 0.25) is 0 Å². The van der Waals surface area contributed by atoms with Crippen molar-refractivity contribution in [3.05, 3.63) is 6.07 Å². The summed E-state index contributed by atoms with van der Waals surface area (Å²) in [6.45, 7) is 0. The van der Waals surface area contributed by atoms with E-state index in [4.69, 9.17) is 205 Å². The number of fused-ring (bicyclic) bond motifs is 9. The Bertz CT molecular complexity index is 4170. The first-order valence-electron chi connectivity index (χ1n) is 20.9. The molecule has 0 aliphatic heterocycles. The number of rotatable bonds is 3. The molecule has 50 radical (unpaired) electrons. The summed E-state index contributed by atoms with van der Waals surface area (Å²) < 4.78 is 12.8. The normalized spacial score (nSPS) is 11.9. The molecular weight excluding hydrogens is 831 g/mol. The molecule has 0 N–H and O–H groups in total. The Labute approximate surface area is 443 Å². The molecule has 2 heterocycles. The van der Waals surface area contributed by atoms with Crippen LogP contribution in [0.25, 0.3) is 98.8 Å². The van der Waals surface area contributed by atoms with Gasteiger partial charge in [-0.1, -0.05) is 76.5 Å². The Kier molecular flexibility index (Phi) is 11.8. The first-order chi connectivity index (χ1) is 33.2. The fourth-order valence-corrected chi connectivity index (χ4v) is 9.97. The van der Waals surface area contributed by atoms with E-state index >= 15 is 0 Å². The highest BCUT2D eigenvalue weighted by Gasteiger charge is 2.31. The van der Waals surface area contributed by atoms with Gasteiger partial charge in [-0.2, -0.15) is 0 Å². The molecule has 0 amide bonds. The van der Waals surface area contributed by atoms with Gasteiger partial charge in [-0.15, -0.1) is 54.6 Å². The molecule has 2 aromatic heterocycles. The topological polar surface area (TPSA) is 26.3 Å². The first kappa shape index (κ1) is 50.1. The molecule has 0 saturated heterocycles. The molecular formula is C44HB25O2. The predicted molar refractivity (Wildman–Crippen MR) is 327 cm³/mol. The summed E-state index contributed by atoms with van der Waals surface area (Å²) in [7, 11) is 168. The van der Waals surface area contributed by atoms with Crippen LogP contribution in [0.1, 0.15) is 0 Å². The molecule has 27 heteroatoms. The largest absolute Gasteiger partial charge is 0.457 e. The molecule has 0 saturated carbocycles. The first-order valence-corrected chi connectivity index (χ1v) is 20.9. The maximum absolute atomic E-state index is 7.33. The monoisotopic (exact) mass is 836 g/mol. The third kappa shape index (κ3) is 6.38. The van der Waals surface area contributed by atoms with E-state index in [0.717, 1.165) is 0 Å². The summed E-state index contributed by atoms with van der Waals surface area (Å²) in [5.41, 5.74) is -2.57.